The Hall–Kier alpha value is -0.610. The van der Waals surface area contributed by atoms with E-state index in [1.165, 1.54) is 6.42 Å². The maximum atomic E-state index is 11.8. The van der Waals surface area contributed by atoms with Gasteiger partial charge in [-0.15, -0.1) is 0 Å². The molecule has 1 aliphatic heterocycles. The zero-order valence-electron chi connectivity index (χ0n) is 10.9. The number of nitrogens with two attached hydrogens (primary N) is 1. The number of hydrogen-bond acceptors (Lipinski definition) is 3. The van der Waals surface area contributed by atoms with Crippen LogP contribution in [0, 0.1) is 0 Å². The summed E-state index contributed by atoms with van der Waals surface area (Å²) in [5.41, 5.74) is 5.64. The van der Waals surface area contributed by atoms with Crippen LogP contribution >= 0.6 is 0 Å². The molecule has 1 saturated heterocycles. The normalized spacial score (nSPS) is 23.9. The fourth-order valence-corrected chi connectivity index (χ4v) is 2.20. The van der Waals surface area contributed by atoms with Gasteiger partial charge in [0.25, 0.3) is 0 Å². The largest absolute Gasteiger partial charge is 0.340 e. The monoisotopic (exact) mass is 227 g/mol. The van der Waals surface area contributed by atoms with Crippen molar-refractivity contribution in [2.75, 3.05) is 20.1 Å². The molecule has 1 rings (SSSR count). The van der Waals surface area contributed by atoms with Crippen molar-refractivity contribution in [3.8, 4) is 0 Å². The number of amides is 1. The summed E-state index contributed by atoms with van der Waals surface area (Å²) in [5, 5.41) is 0. The molecule has 1 heterocycles. The minimum absolute atomic E-state index is 0.0851. The Morgan fingerprint density at radius 2 is 2.06 bits per heavy atom. The van der Waals surface area contributed by atoms with E-state index in [1.807, 2.05) is 4.90 Å². The van der Waals surface area contributed by atoms with Crippen LogP contribution in [0.3, 0.4) is 0 Å². The average Bonchev–Trinajstić information content (AvgIpc) is 2.26. The third-order valence-electron chi connectivity index (χ3n) is 3.49. The fourth-order valence-electron chi connectivity index (χ4n) is 2.20. The number of carbonyl (C=O) groups is 1. The van der Waals surface area contributed by atoms with E-state index in [9.17, 15) is 4.79 Å². The van der Waals surface area contributed by atoms with Crippen LogP contribution in [0.15, 0.2) is 0 Å². The number of hydrogen-bond donors (Lipinski definition) is 1. The van der Waals surface area contributed by atoms with Gasteiger partial charge in [0, 0.05) is 25.2 Å². The van der Waals surface area contributed by atoms with Gasteiger partial charge in [0.2, 0.25) is 5.91 Å². The summed E-state index contributed by atoms with van der Waals surface area (Å²) in [6.07, 6.45) is 2.26. The summed E-state index contributed by atoms with van der Waals surface area (Å²) in [6, 6.07) is 0.634. The molecule has 0 unspecified atom stereocenters. The van der Waals surface area contributed by atoms with Crippen LogP contribution in [0.2, 0.25) is 0 Å². The Balaban J connectivity index is 2.56. The fraction of sp³-hybridized carbons (Fsp3) is 0.917. The zero-order valence-corrected chi connectivity index (χ0v) is 10.9. The maximum absolute atomic E-state index is 11.8. The molecule has 94 valence electrons. The van der Waals surface area contributed by atoms with Crippen LogP contribution in [0.4, 0.5) is 0 Å². The molecule has 2 N–H and O–H groups in total. The lowest BCUT2D eigenvalue weighted by Crippen LogP contribution is -2.53. The Kier molecular flexibility index (Phi) is 4.74. The number of nitrogens with zero attached hydrogens (tertiary/aromatic N) is 2. The molecule has 16 heavy (non-hydrogen) atoms. The molecule has 0 bridgehead atoms. The predicted octanol–water partition coefficient (Wildman–Crippen LogP) is 0.665. The predicted molar refractivity (Wildman–Crippen MR) is 66.2 cm³/mol. The highest BCUT2D eigenvalue weighted by Crippen LogP contribution is 2.17. The maximum Gasteiger partial charge on any atom is 0.239 e. The van der Waals surface area contributed by atoms with E-state index in [4.69, 9.17) is 5.73 Å². The zero-order chi connectivity index (χ0) is 12.3. The molecule has 0 radical (unpaired) electrons. The molecular weight excluding hydrogens is 202 g/mol. The topological polar surface area (TPSA) is 49.6 Å². The minimum Gasteiger partial charge on any atom is -0.340 e. The molecule has 1 fully saturated rings. The lowest BCUT2D eigenvalue weighted by Gasteiger charge is -2.39. The second kappa shape index (κ2) is 5.64. The van der Waals surface area contributed by atoms with E-state index in [0.717, 1.165) is 19.5 Å². The standard InChI is InChI=1S/C12H25N3O/c1-9(2)14(4)11-6-5-7-15(8-11)12(16)10(3)13/h9-11H,5-8,13H2,1-4H3/t10-,11+/m0/s1. The third-order valence-corrected chi connectivity index (χ3v) is 3.49. The number of rotatable bonds is 3. The van der Waals surface area contributed by atoms with Gasteiger partial charge in [-0.25, -0.2) is 0 Å². The summed E-state index contributed by atoms with van der Waals surface area (Å²) < 4.78 is 0. The number of likely N-dealkylation sites (N-methyl/N-ethyl adjacent to an activating group) is 1. The molecule has 0 aromatic carbocycles. The van der Waals surface area contributed by atoms with Crippen LogP contribution < -0.4 is 5.73 Å². The molecule has 1 amide bonds. The van der Waals surface area contributed by atoms with E-state index in [0.29, 0.717) is 12.1 Å². The Labute approximate surface area is 98.8 Å². The van der Waals surface area contributed by atoms with E-state index < -0.39 is 0 Å². The van der Waals surface area contributed by atoms with E-state index >= 15 is 0 Å². The summed E-state index contributed by atoms with van der Waals surface area (Å²) in [7, 11) is 2.13. The molecule has 0 spiro atoms. The van der Waals surface area contributed by atoms with E-state index in [-0.39, 0.29) is 11.9 Å². The SMILES string of the molecule is CC(C)N(C)[C@@H]1CCCN(C(=O)[C@H](C)N)C1. The molecule has 4 heteroatoms. The summed E-state index contributed by atoms with van der Waals surface area (Å²) >= 11 is 0. The molecular formula is C12H25N3O. The van der Waals surface area contributed by atoms with Crippen LogP contribution in [0.5, 0.6) is 0 Å². The molecule has 0 aliphatic carbocycles. The van der Waals surface area contributed by atoms with Crippen molar-refractivity contribution in [2.45, 2.75) is 51.7 Å². The van der Waals surface area contributed by atoms with Crippen LogP contribution in [-0.2, 0) is 4.79 Å². The van der Waals surface area contributed by atoms with Gasteiger partial charge in [0.05, 0.1) is 6.04 Å². The van der Waals surface area contributed by atoms with Gasteiger partial charge in [-0.05, 0) is 40.7 Å². The lowest BCUT2D eigenvalue weighted by molar-refractivity contribution is -0.134. The average molecular weight is 227 g/mol. The van der Waals surface area contributed by atoms with Gasteiger partial charge < -0.3 is 10.6 Å². The number of carbonyl (C=O) groups excluding carboxylic acids is 1. The van der Waals surface area contributed by atoms with Crippen LogP contribution in [0.1, 0.15) is 33.6 Å². The minimum atomic E-state index is -0.372. The van der Waals surface area contributed by atoms with Gasteiger partial charge in [-0.2, -0.15) is 0 Å². The van der Waals surface area contributed by atoms with Crippen molar-refractivity contribution < 1.29 is 4.79 Å². The van der Waals surface area contributed by atoms with Gasteiger partial charge in [0.1, 0.15) is 0 Å². The highest BCUT2D eigenvalue weighted by Gasteiger charge is 2.28. The highest BCUT2D eigenvalue weighted by atomic mass is 16.2. The number of likely N-dealkylation sites (tertiary alicyclic amines) is 1. The summed E-state index contributed by atoms with van der Waals surface area (Å²) in [6.45, 7) is 7.83. The van der Waals surface area contributed by atoms with Gasteiger partial charge >= 0.3 is 0 Å². The Bertz CT molecular complexity index is 240. The molecule has 0 saturated carbocycles. The summed E-state index contributed by atoms with van der Waals surface area (Å²) in [4.78, 5) is 16.1. The Morgan fingerprint density at radius 1 is 1.44 bits per heavy atom. The first kappa shape index (κ1) is 13.5. The quantitative estimate of drug-likeness (QED) is 0.771. The van der Waals surface area contributed by atoms with Gasteiger partial charge in [0.15, 0.2) is 0 Å². The molecule has 0 aromatic rings. The second-order valence-electron chi connectivity index (χ2n) is 5.13. The third kappa shape index (κ3) is 3.19. The Morgan fingerprint density at radius 3 is 2.56 bits per heavy atom. The lowest BCUT2D eigenvalue weighted by atomic mass is 10.0. The number of piperidine rings is 1. The van der Waals surface area contributed by atoms with E-state index in [2.05, 4.69) is 25.8 Å². The molecule has 0 aromatic heterocycles. The van der Waals surface area contributed by atoms with E-state index in [1.54, 1.807) is 6.92 Å². The van der Waals surface area contributed by atoms with Gasteiger partial charge in [-0.1, -0.05) is 0 Å². The molecule has 4 nitrogen and oxygen atoms in total. The molecule has 1 aliphatic rings. The van der Waals surface area contributed by atoms with Crippen molar-refractivity contribution in [3.05, 3.63) is 0 Å². The van der Waals surface area contributed by atoms with Crippen molar-refractivity contribution in [3.63, 3.8) is 0 Å². The van der Waals surface area contributed by atoms with Crippen molar-refractivity contribution in [1.29, 1.82) is 0 Å². The smallest absolute Gasteiger partial charge is 0.239 e. The first-order valence-corrected chi connectivity index (χ1v) is 6.19. The first-order valence-electron chi connectivity index (χ1n) is 6.19. The van der Waals surface area contributed by atoms with Crippen molar-refractivity contribution in [1.82, 2.24) is 9.80 Å². The summed E-state index contributed by atoms with van der Waals surface area (Å²) in [5.74, 6) is 0.0851. The van der Waals surface area contributed by atoms with Crippen LogP contribution in [0.25, 0.3) is 0 Å². The highest BCUT2D eigenvalue weighted by molar-refractivity contribution is 5.81. The van der Waals surface area contributed by atoms with Gasteiger partial charge in [-0.3, -0.25) is 9.69 Å². The van der Waals surface area contributed by atoms with Crippen molar-refractivity contribution in [2.24, 2.45) is 5.73 Å². The second-order valence-corrected chi connectivity index (χ2v) is 5.13. The molecule has 2 atom stereocenters. The van der Waals surface area contributed by atoms with Crippen molar-refractivity contribution >= 4 is 5.91 Å². The first-order chi connectivity index (χ1) is 7.43. The van der Waals surface area contributed by atoms with Crippen LogP contribution in [-0.4, -0.2) is 54.0 Å².